The predicted octanol–water partition coefficient (Wildman–Crippen LogP) is 15.9. The van der Waals surface area contributed by atoms with Gasteiger partial charge in [0.15, 0.2) is 0 Å². The molecule has 0 amide bonds. The zero-order chi connectivity index (χ0) is 47.3. The molecule has 0 atom stereocenters. The van der Waals surface area contributed by atoms with Crippen molar-refractivity contribution in [1.82, 2.24) is 18.9 Å². The molecule has 7 heteroatoms. The van der Waals surface area contributed by atoms with Gasteiger partial charge in [0.25, 0.3) is 0 Å². The topological polar surface area (TPSA) is 79.1 Å². The first-order valence-corrected chi connectivity index (χ1v) is 23.5. The molecular formula is C63H48N5OPt-. The summed E-state index contributed by atoms with van der Waals surface area (Å²) >= 11 is 0. The Hall–Kier alpha value is -7.84. The number of pyridine rings is 1. The number of aromatic nitrogens is 4. The molecule has 4 aromatic heterocycles. The number of phenolic OH excluding ortho intramolecular Hbond substituents is 1. The molecule has 8 aromatic carbocycles. The molecule has 0 fully saturated rings. The third-order valence-electron chi connectivity index (χ3n) is 13.9. The molecule has 6 nitrogen and oxygen atoms in total. The number of nitrogens with zero attached hydrogens (tertiary/aromatic N) is 5. The Morgan fingerprint density at radius 1 is 0.557 bits per heavy atom. The first-order valence-electron chi connectivity index (χ1n) is 23.5. The summed E-state index contributed by atoms with van der Waals surface area (Å²) in [6.07, 6.45) is 1.88. The van der Waals surface area contributed by atoms with E-state index in [0.29, 0.717) is 17.0 Å². The summed E-state index contributed by atoms with van der Waals surface area (Å²) < 4.78 is 4.44. The van der Waals surface area contributed by atoms with Gasteiger partial charge in [0, 0.05) is 54.7 Å². The molecule has 0 saturated heterocycles. The Labute approximate surface area is 421 Å². The zero-order valence-corrected chi connectivity index (χ0v) is 42.0. The fourth-order valence-electron chi connectivity index (χ4n) is 10.3. The van der Waals surface area contributed by atoms with Crippen LogP contribution in [-0.2, 0) is 31.9 Å². The summed E-state index contributed by atoms with van der Waals surface area (Å²) in [7, 11) is 0. The predicted molar refractivity (Wildman–Crippen MR) is 283 cm³/mol. The Kier molecular flexibility index (Phi) is 10.6. The van der Waals surface area contributed by atoms with Crippen LogP contribution in [0.25, 0.3) is 111 Å². The number of nitriles is 1. The van der Waals surface area contributed by atoms with Gasteiger partial charge in [-0.3, -0.25) is 9.55 Å². The molecule has 70 heavy (non-hydrogen) atoms. The van der Waals surface area contributed by atoms with Gasteiger partial charge in [-0.2, -0.15) is 5.26 Å². The Balaban J connectivity index is 0.00000533. The van der Waals surface area contributed by atoms with Crippen molar-refractivity contribution in [2.45, 2.75) is 52.4 Å². The number of phenols is 1. The van der Waals surface area contributed by atoms with Gasteiger partial charge in [-0.15, -0.1) is 29.3 Å². The van der Waals surface area contributed by atoms with Crippen LogP contribution in [0, 0.1) is 17.4 Å². The van der Waals surface area contributed by atoms with Gasteiger partial charge in [-0.1, -0.05) is 162 Å². The van der Waals surface area contributed by atoms with E-state index in [-0.39, 0.29) is 37.6 Å². The number of hydrogen-bond donors (Lipinski definition) is 1. The van der Waals surface area contributed by atoms with Gasteiger partial charge >= 0.3 is 0 Å². The standard InChI is InChI=1S/C63H48N5O.Pt/c1-62(2,3)44-25-27-54(49(35-44)40-18-11-8-12-19-40)68-55-23-15-21-46(42-31-43(33-45(32-42)63(4,5)6)52-34-41(28-29-65-52)39-16-9-7-10-17-39)58(55)66-61(68)51-36-50-47-26-24-38(37-64)30-56(47)67-53-22-14-13-20-48(53)57(59(50)67)60(51)69;/h7-30,32-36,69H,1-6H3;/q-1;. The van der Waals surface area contributed by atoms with Crippen LogP contribution in [0.1, 0.15) is 58.2 Å². The molecule has 0 aliphatic carbocycles. The largest absolute Gasteiger partial charge is 0.506 e. The number of rotatable bonds is 6. The first kappa shape index (κ1) is 44.7. The maximum absolute atomic E-state index is 13.0. The minimum Gasteiger partial charge on any atom is -0.506 e. The Morgan fingerprint density at radius 3 is 2.00 bits per heavy atom. The number of hydrogen-bond acceptors (Lipinski definition) is 4. The van der Waals surface area contributed by atoms with Crippen LogP contribution in [0.2, 0.25) is 0 Å². The summed E-state index contributed by atoms with van der Waals surface area (Å²) in [6, 6.07) is 65.1. The van der Waals surface area contributed by atoms with Gasteiger partial charge in [-0.05, 0) is 81.6 Å². The van der Waals surface area contributed by atoms with E-state index in [2.05, 4.69) is 196 Å². The summed E-state index contributed by atoms with van der Waals surface area (Å²) in [5.41, 5.74) is 16.5. The number of para-hydroxylation sites is 2. The fraction of sp³-hybridized carbons (Fsp3) is 0.127. The second-order valence-corrected chi connectivity index (χ2v) is 20.3. The van der Waals surface area contributed by atoms with Crippen molar-refractivity contribution in [2.75, 3.05) is 0 Å². The molecular weight excluding hydrogens is 1040 g/mol. The Bertz CT molecular complexity index is 4050. The molecule has 0 saturated carbocycles. The van der Waals surface area contributed by atoms with Crippen molar-refractivity contribution in [3.8, 4) is 73.5 Å². The van der Waals surface area contributed by atoms with E-state index in [1.54, 1.807) is 0 Å². The average molecular weight is 1090 g/mol. The minimum absolute atomic E-state index is 0. The minimum atomic E-state index is -0.194. The van der Waals surface area contributed by atoms with Crippen molar-refractivity contribution in [3.63, 3.8) is 0 Å². The number of imidazole rings is 1. The van der Waals surface area contributed by atoms with E-state index in [1.165, 1.54) is 5.56 Å². The van der Waals surface area contributed by atoms with E-state index in [0.717, 1.165) is 105 Å². The van der Waals surface area contributed by atoms with Crippen molar-refractivity contribution >= 4 is 49.1 Å². The van der Waals surface area contributed by atoms with Crippen LogP contribution in [0.15, 0.2) is 176 Å². The van der Waals surface area contributed by atoms with E-state index in [9.17, 15) is 10.4 Å². The van der Waals surface area contributed by atoms with E-state index in [4.69, 9.17) is 9.97 Å². The molecule has 0 bridgehead atoms. The zero-order valence-electron chi connectivity index (χ0n) is 39.7. The summed E-state index contributed by atoms with van der Waals surface area (Å²) in [5, 5.41) is 26.7. The fourth-order valence-corrected chi connectivity index (χ4v) is 10.3. The van der Waals surface area contributed by atoms with Crippen LogP contribution in [0.5, 0.6) is 5.75 Å². The third kappa shape index (κ3) is 7.19. The van der Waals surface area contributed by atoms with Crippen molar-refractivity contribution in [1.29, 1.82) is 5.26 Å². The van der Waals surface area contributed by atoms with Crippen molar-refractivity contribution in [3.05, 3.63) is 199 Å². The second kappa shape index (κ2) is 16.7. The quantitative estimate of drug-likeness (QED) is 0.168. The first-order chi connectivity index (χ1) is 33.4. The van der Waals surface area contributed by atoms with Gasteiger partial charge in [-0.25, -0.2) is 4.98 Å². The number of fused-ring (bicyclic) bond motifs is 7. The molecule has 0 aliphatic rings. The summed E-state index contributed by atoms with van der Waals surface area (Å²) in [4.78, 5) is 10.6. The van der Waals surface area contributed by atoms with E-state index < -0.39 is 0 Å². The smallest absolute Gasteiger partial charge is 0.148 e. The molecule has 0 unspecified atom stereocenters. The molecule has 0 radical (unpaired) electrons. The normalized spacial score (nSPS) is 12.1. The molecule has 12 aromatic rings. The second-order valence-electron chi connectivity index (χ2n) is 20.3. The van der Waals surface area contributed by atoms with Crippen LogP contribution >= 0.6 is 0 Å². The summed E-state index contributed by atoms with van der Waals surface area (Å²) in [6.45, 7) is 13.5. The van der Waals surface area contributed by atoms with Crippen LogP contribution < -0.4 is 0 Å². The van der Waals surface area contributed by atoms with Crippen molar-refractivity contribution < 1.29 is 26.2 Å². The van der Waals surface area contributed by atoms with Gasteiger partial charge in [0.05, 0.1) is 55.9 Å². The maximum atomic E-state index is 13.0. The molecule has 1 N–H and O–H groups in total. The number of benzene rings is 8. The van der Waals surface area contributed by atoms with Crippen molar-refractivity contribution in [2.24, 2.45) is 0 Å². The maximum Gasteiger partial charge on any atom is 0.148 e. The molecule has 12 rings (SSSR count). The Morgan fingerprint density at radius 2 is 1.26 bits per heavy atom. The summed E-state index contributed by atoms with van der Waals surface area (Å²) in [5.74, 6) is 0.757. The van der Waals surface area contributed by atoms with Crippen LogP contribution in [-0.4, -0.2) is 24.0 Å². The van der Waals surface area contributed by atoms with Gasteiger partial charge in [0.1, 0.15) is 11.6 Å². The SMILES string of the molecule is CC(C)(C)c1cc(-c2cc(-c3ccccc3)ccn2)[c-]c(-c2cccc3c2nc(-c2cc4c5ccc(C#N)cc5n5c6ccccc6c(c2O)c45)n3-c2ccc(C(C)(C)C)cc2-c2ccccc2)c1.[Pt]. The number of aromatic hydroxyl groups is 1. The van der Waals surface area contributed by atoms with Gasteiger partial charge < -0.3 is 9.51 Å². The molecule has 342 valence electrons. The molecule has 0 aliphatic heterocycles. The monoisotopic (exact) mass is 1090 g/mol. The molecule has 0 spiro atoms. The average Bonchev–Trinajstić information content (AvgIpc) is 4.03. The van der Waals surface area contributed by atoms with Crippen LogP contribution in [0.3, 0.4) is 0 Å². The van der Waals surface area contributed by atoms with Crippen LogP contribution in [0.4, 0.5) is 0 Å². The molecule has 4 heterocycles. The van der Waals surface area contributed by atoms with E-state index in [1.807, 2.05) is 42.6 Å². The third-order valence-corrected chi connectivity index (χ3v) is 13.9. The van der Waals surface area contributed by atoms with E-state index >= 15 is 0 Å². The van der Waals surface area contributed by atoms with Gasteiger partial charge in [0.2, 0.25) is 0 Å².